The maximum Gasteiger partial charge on any atom is 0.0830 e. The van der Waals surface area contributed by atoms with Crippen LogP contribution in [0.3, 0.4) is 0 Å². The molecule has 0 rings (SSSR count). The van der Waals surface area contributed by atoms with Crippen LogP contribution in [0.2, 0.25) is 0 Å². The van der Waals surface area contributed by atoms with Crippen LogP contribution in [0.15, 0.2) is 0 Å². The van der Waals surface area contributed by atoms with Crippen molar-refractivity contribution < 1.29 is 5.73 Å². The van der Waals surface area contributed by atoms with Gasteiger partial charge in [-0.3, -0.25) is 0 Å². The average molecular weight is 117 g/mol. The van der Waals surface area contributed by atoms with Gasteiger partial charge in [0.05, 0.1) is 6.04 Å². The minimum absolute atomic E-state index is 0.567. The third-order valence-electron chi connectivity index (χ3n) is 1.25. The van der Waals surface area contributed by atoms with E-state index >= 15 is 0 Å². The second-order valence-electron chi connectivity index (χ2n) is 2.53. The molecule has 50 valence electrons. The lowest BCUT2D eigenvalue weighted by molar-refractivity contribution is -0.415. The summed E-state index contributed by atoms with van der Waals surface area (Å²) >= 11 is 0. The summed E-state index contributed by atoms with van der Waals surface area (Å²) in [5.41, 5.74) is 3.89. The number of rotatable bonds is 3. The number of quaternary nitrogens is 1. The van der Waals surface area contributed by atoms with E-state index < -0.39 is 0 Å². The Labute approximate surface area is 51.5 Å². The van der Waals surface area contributed by atoms with Gasteiger partial charge in [-0.1, -0.05) is 0 Å². The monoisotopic (exact) mass is 117 g/mol. The van der Waals surface area contributed by atoms with Crippen LogP contribution in [0.1, 0.15) is 20.3 Å². The summed E-state index contributed by atoms with van der Waals surface area (Å²) in [5.74, 6) is 0. The van der Waals surface area contributed by atoms with Crippen LogP contribution in [-0.4, -0.2) is 19.1 Å². The SMILES string of the molecule is CNC(C)CC(C)[NH3+]. The molecule has 0 amide bonds. The predicted octanol–water partition coefficient (Wildman–Crippen LogP) is -0.385. The van der Waals surface area contributed by atoms with Gasteiger partial charge in [0.25, 0.3) is 0 Å². The van der Waals surface area contributed by atoms with Gasteiger partial charge in [0, 0.05) is 12.5 Å². The molecule has 0 fully saturated rings. The first-order chi connectivity index (χ1) is 3.66. The van der Waals surface area contributed by atoms with Gasteiger partial charge in [0.1, 0.15) is 0 Å². The van der Waals surface area contributed by atoms with Crippen molar-refractivity contribution in [1.82, 2.24) is 5.32 Å². The molecule has 2 unspecified atom stereocenters. The molecule has 8 heavy (non-hydrogen) atoms. The molecule has 0 saturated heterocycles. The molecule has 2 nitrogen and oxygen atoms in total. The Hall–Kier alpha value is -0.0800. The highest BCUT2D eigenvalue weighted by Gasteiger charge is 2.02. The Morgan fingerprint density at radius 3 is 2.12 bits per heavy atom. The molecule has 2 heteroatoms. The smallest absolute Gasteiger partial charge is 0.0830 e. The Balaban J connectivity index is 3.10. The Morgan fingerprint density at radius 1 is 1.50 bits per heavy atom. The summed E-state index contributed by atoms with van der Waals surface area (Å²) in [6, 6.07) is 1.18. The fraction of sp³-hybridized carbons (Fsp3) is 1.00. The zero-order valence-electron chi connectivity index (χ0n) is 6.07. The van der Waals surface area contributed by atoms with Crippen LogP contribution < -0.4 is 11.1 Å². The predicted molar refractivity (Wildman–Crippen MR) is 35.5 cm³/mol. The first-order valence-corrected chi connectivity index (χ1v) is 3.17. The van der Waals surface area contributed by atoms with Gasteiger partial charge < -0.3 is 11.1 Å². The summed E-state index contributed by atoms with van der Waals surface area (Å²) in [5, 5.41) is 3.16. The molecule has 0 aromatic rings. The summed E-state index contributed by atoms with van der Waals surface area (Å²) in [6.07, 6.45) is 1.16. The molecular weight excluding hydrogens is 100 g/mol. The Morgan fingerprint density at radius 2 is 2.00 bits per heavy atom. The normalized spacial score (nSPS) is 18.0. The highest BCUT2D eigenvalue weighted by Crippen LogP contribution is 1.89. The summed E-state index contributed by atoms with van der Waals surface area (Å²) in [6.45, 7) is 4.30. The molecule has 0 saturated carbocycles. The van der Waals surface area contributed by atoms with Crippen molar-refractivity contribution in [3.05, 3.63) is 0 Å². The first kappa shape index (κ1) is 7.92. The maximum atomic E-state index is 3.89. The van der Waals surface area contributed by atoms with Gasteiger partial charge in [0.2, 0.25) is 0 Å². The van der Waals surface area contributed by atoms with Crippen molar-refractivity contribution in [1.29, 1.82) is 0 Å². The zero-order chi connectivity index (χ0) is 6.57. The quantitative estimate of drug-likeness (QED) is 0.519. The number of hydrogen-bond donors (Lipinski definition) is 2. The second-order valence-corrected chi connectivity index (χ2v) is 2.53. The molecule has 0 aliphatic heterocycles. The van der Waals surface area contributed by atoms with Gasteiger partial charge in [-0.05, 0) is 20.9 Å². The summed E-state index contributed by atoms with van der Waals surface area (Å²) < 4.78 is 0. The maximum absolute atomic E-state index is 3.89. The molecular formula is C6H17N2+. The van der Waals surface area contributed by atoms with Gasteiger partial charge in [-0.25, -0.2) is 0 Å². The second kappa shape index (κ2) is 3.87. The van der Waals surface area contributed by atoms with E-state index in [9.17, 15) is 0 Å². The third-order valence-corrected chi connectivity index (χ3v) is 1.25. The molecule has 0 bridgehead atoms. The lowest BCUT2D eigenvalue weighted by atomic mass is 10.1. The van der Waals surface area contributed by atoms with Crippen LogP contribution in [-0.2, 0) is 0 Å². The number of hydrogen-bond acceptors (Lipinski definition) is 1. The highest BCUT2D eigenvalue weighted by molar-refractivity contribution is 4.58. The van der Waals surface area contributed by atoms with Crippen LogP contribution in [0.4, 0.5) is 0 Å². The largest absolute Gasteiger partial charge is 0.355 e. The van der Waals surface area contributed by atoms with Gasteiger partial charge in [0.15, 0.2) is 0 Å². The van der Waals surface area contributed by atoms with E-state index in [-0.39, 0.29) is 0 Å². The minimum atomic E-state index is 0.567. The van der Waals surface area contributed by atoms with E-state index in [1.807, 2.05) is 7.05 Å². The van der Waals surface area contributed by atoms with Crippen LogP contribution in [0.25, 0.3) is 0 Å². The van der Waals surface area contributed by atoms with Crippen molar-refractivity contribution in [2.75, 3.05) is 7.05 Å². The molecule has 0 aromatic heterocycles. The van der Waals surface area contributed by atoms with Crippen molar-refractivity contribution in [2.24, 2.45) is 0 Å². The van der Waals surface area contributed by atoms with E-state index in [4.69, 9.17) is 0 Å². The van der Waals surface area contributed by atoms with Crippen molar-refractivity contribution in [2.45, 2.75) is 32.4 Å². The minimum Gasteiger partial charge on any atom is -0.355 e. The molecule has 0 radical (unpaired) electrons. The van der Waals surface area contributed by atoms with Gasteiger partial charge >= 0.3 is 0 Å². The van der Waals surface area contributed by atoms with Crippen molar-refractivity contribution in [3.63, 3.8) is 0 Å². The van der Waals surface area contributed by atoms with E-state index in [1.165, 1.54) is 0 Å². The molecule has 2 atom stereocenters. The van der Waals surface area contributed by atoms with E-state index in [1.54, 1.807) is 0 Å². The molecule has 0 aliphatic rings. The Bertz CT molecular complexity index is 52.5. The molecule has 0 spiro atoms. The third kappa shape index (κ3) is 4.09. The van der Waals surface area contributed by atoms with E-state index in [0.29, 0.717) is 12.1 Å². The summed E-state index contributed by atoms with van der Waals surface area (Å²) in [4.78, 5) is 0. The fourth-order valence-corrected chi connectivity index (χ4v) is 0.721. The van der Waals surface area contributed by atoms with Crippen molar-refractivity contribution in [3.8, 4) is 0 Å². The molecule has 0 heterocycles. The van der Waals surface area contributed by atoms with Gasteiger partial charge in [-0.15, -0.1) is 0 Å². The van der Waals surface area contributed by atoms with E-state index in [0.717, 1.165) is 6.42 Å². The molecule has 4 N–H and O–H groups in total. The van der Waals surface area contributed by atoms with E-state index in [2.05, 4.69) is 24.9 Å². The lowest BCUT2D eigenvalue weighted by Gasteiger charge is -2.09. The Kier molecular flexibility index (Phi) is 3.83. The first-order valence-electron chi connectivity index (χ1n) is 3.17. The van der Waals surface area contributed by atoms with Crippen LogP contribution in [0, 0.1) is 0 Å². The van der Waals surface area contributed by atoms with Crippen molar-refractivity contribution >= 4 is 0 Å². The topological polar surface area (TPSA) is 39.7 Å². The summed E-state index contributed by atoms with van der Waals surface area (Å²) in [7, 11) is 1.98. The molecule has 0 aromatic carbocycles. The zero-order valence-corrected chi connectivity index (χ0v) is 6.07. The lowest BCUT2D eigenvalue weighted by Crippen LogP contribution is -2.60. The van der Waals surface area contributed by atoms with Gasteiger partial charge in [-0.2, -0.15) is 0 Å². The standard InChI is InChI=1S/C6H16N2/c1-5(7)4-6(2)8-3/h5-6,8H,4,7H2,1-3H3/p+1. The van der Waals surface area contributed by atoms with Crippen LogP contribution >= 0.6 is 0 Å². The number of nitrogens with one attached hydrogen (secondary N) is 1. The highest BCUT2D eigenvalue weighted by atomic mass is 14.9. The van der Waals surface area contributed by atoms with Crippen LogP contribution in [0.5, 0.6) is 0 Å². The molecule has 0 aliphatic carbocycles. The average Bonchev–Trinajstić information content (AvgIpc) is 1.65. The fourth-order valence-electron chi connectivity index (χ4n) is 0.721.